The highest BCUT2D eigenvalue weighted by molar-refractivity contribution is 7.80. The first kappa shape index (κ1) is 13.0. The molecule has 0 aliphatic heterocycles. The summed E-state index contributed by atoms with van der Waals surface area (Å²) in [7, 11) is 0. The Labute approximate surface area is 117 Å². The molecule has 5 heteroatoms. The molecular formula is C14H12N4S. The van der Waals surface area contributed by atoms with Gasteiger partial charge in [-0.25, -0.2) is 0 Å². The van der Waals surface area contributed by atoms with Crippen LogP contribution < -0.4 is 10.6 Å². The van der Waals surface area contributed by atoms with Crippen molar-refractivity contribution in [1.29, 1.82) is 5.26 Å². The molecule has 2 N–H and O–H groups in total. The number of nitrogens with one attached hydrogen (secondary N) is 2. The summed E-state index contributed by atoms with van der Waals surface area (Å²) in [6.45, 7) is 0.643. The number of rotatable bonds is 3. The van der Waals surface area contributed by atoms with Crippen molar-refractivity contribution in [2.24, 2.45) is 0 Å². The van der Waals surface area contributed by atoms with Crippen LogP contribution in [0.25, 0.3) is 0 Å². The van der Waals surface area contributed by atoms with Gasteiger partial charge >= 0.3 is 0 Å². The van der Waals surface area contributed by atoms with E-state index in [1.54, 1.807) is 24.5 Å². The van der Waals surface area contributed by atoms with Gasteiger partial charge in [-0.15, -0.1) is 0 Å². The average molecular weight is 268 g/mol. The summed E-state index contributed by atoms with van der Waals surface area (Å²) in [6.07, 6.45) is 3.49. The molecule has 0 saturated heterocycles. The summed E-state index contributed by atoms with van der Waals surface area (Å²) in [4.78, 5) is 3.95. The number of nitriles is 1. The smallest absolute Gasteiger partial charge is 0.171 e. The molecule has 0 spiro atoms. The zero-order chi connectivity index (χ0) is 13.5. The fourth-order valence-corrected chi connectivity index (χ4v) is 1.68. The number of anilines is 1. The summed E-state index contributed by atoms with van der Waals surface area (Å²) in [5, 5.41) is 15.4. The van der Waals surface area contributed by atoms with E-state index < -0.39 is 0 Å². The molecule has 0 amide bonds. The number of nitrogens with zero attached hydrogens (tertiary/aromatic N) is 2. The van der Waals surface area contributed by atoms with Gasteiger partial charge in [0.05, 0.1) is 11.6 Å². The Balaban J connectivity index is 1.86. The van der Waals surface area contributed by atoms with E-state index in [-0.39, 0.29) is 0 Å². The van der Waals surface area contributed by atoms with Crippen molar-refractivity contribution in [1.82, 2.24) is 10.3 Å². The highest BCUT2D eigenvalue weighted by atomic mass is 32.1. The lowest BCUT2D eigenvalue weighted by molar-refractivity contribution is 0.921. The molecule has 2 aromatic rings. The number of thiocarbonyl (C=S) groups is 1. The van der Waals surface area contributed by atoms with Gasteiger partial charge in [0.15, 0.2) is 5.11 Å². The van der Waals surface area contributed by atoms with Gasteiger partial charge in [0.1, 0.15) is 0 Å². The van der Waals surface area contributed by atoms with Crippen LogP contribution in [0.3, 0.4) is 0 Å². The summed E-state index contributed by atoms with van der Waals surface area (Å²) >= 11 is 5.19. The van der Waals surface area contributed by atoms with Gasteiger partial charge in [-0.1, -0.05) is 0 Å². The summed E-state index contributed by atoms with van der Waals surface area (Å²) in [5.41, 5.74) is 2.59. The number of pyridine rings is 1. The Kier molecular flexibility index (Phi) is 4.43. The quantitative estimate of drug-likeness (QED) is 0.837. The van der Waals surface area contributed by atoms with Crippen molar-refractivity contribution in [3.63, 3.8) is 0 Å². The van der Waals surface area contributed by atoms with Gasteiger partial charge in [0.2, 0.25) is 0 Å². The molecule has 1 aromatic carbocycles. The SMILES string of the molecule is N#Cc1ccc(NC(=S)NCc2ccncc2)cc1. The molecule has 4 nitrogen and oxygen atoms in total. The van der Waals surface area contributed by atoms with Gasteiger partial charge in [0.25, 0.3) is 0 Å². The first-order valence-corrected chi connectivity index (χ1v) is 6.12. The molecule has 0 aliphatic rings. The normalized spacial score (nSPS) is 9.42. The molecule has 0 fully saturated rings. The molecule has 0 unspecified atom stereocenters. The second-order valence-electron chi connectivity index (χ2n) is 3.85. The topological polar surface area (TPSA) is 60.7 Å². The fraction of sp³-hybridized carbons (Fsp3) is 0.0714. The van der Waals surface area contributed by atoms with E-state index >= 15 is 0 Å². The first-order chi connectivity index (χ1) is 9.28. The van der Waals surface area contributed by atoms with E-state index in [0.717, 1.165) is 11.3 Å². The fourth-order valence-electron chi connectivity index (χ4n) is 1.49. The van der Waals surface area contributed by atoms with E-state index in [1.165, 1.54) is 0 Å². The van der Waals surface area contributed by atoms with Crippen molar-refractivity contribution < 1.29 is 0 Å². The highest BCUT2D eigenvalue weighted by Gasteiger charge is 1.98. The molecule has 2 rings (SSSR count). The molecule has 19 heavy (non-hydrogen) atoms. The van der Waals surface area contributed by atoms with Crippen molar-refractivity contribution in [3.8, 4) is 6.07 Å². The maximum Gasteiger partial charge on any atom is 0.171 e. The second kappa shape index (κ2) is 6.47. The molecule has 1 aromatic heterocycles. The van der Waals surface area contributed by atoms with E-state index in [2.05, 4.69) is 21.7 Å². The van der Waals surface area contributed by atoms with E-state index in [0.29, 0.717) is 17.2 Å². The zero-order valence-corrected chi connectivity index (χ0v) is 10.9. The van der Waals surface area contributed by atoms with Gasteiger partial charge in [-0.05, 0) is 54.2 Å². The summed E-state index contributed by atoms with van der Waals surface area (Å²) in [6, 6.07) is 13.1. The minimum Gasteiger partial charge on any atom is -0.358 e. The standard InChI is InChI=1S/C14H12N4S/c15-9-11-1-3-13(4-2-11)18-14(19)17-10-12-5-7-16-8-6-12/h1-8H,10H2,(H2,17,18,19). The monoisotopic (exact) mass is 268 g/mol. The number of hydrogen-bond donors (Lipinski definition) is 2. The first-order valence-electron chi connectivity index (χ1n) is 5.72. The van der Waals surface area contributed by atoms with Gasteiger partial charge in [0, 0.05) is 24.6 Å². The van der Waals surface area contributed by atoms with Crippen LogP contribution in [0.5, 0.6) is 0 Å². The van der Waals surface area contributed by atoms with Crippen LogP contribution in [0.2, 0.25) is 0 Å². The van der Waals surface area contributed by atoms with Crippen LogP contribution in [0.15, 0.2) is 48.8 Å². The molecular weight excluding hydrogens is 256 g/mol. The van der Waals surface area contributed by atoms with Gasteiger partial charge in [-0.2, -0.15) is 5.26 Å². The summed E-state index contributed by atoms with van der Waals surface area (Å²) in [5.74, 6) is 0. The minimum absolute atomic E-state index is 0.543. The summed E-state index contributed by atoms with van der Waals surface area (Å²) < 4.78 is 0. The molecule has 0 saturated carbocycles. The van der Waals surface area contributed by atoms with Gasteiger partial charge < -0.3 is 10.6 Å². The molecule has 0 aliphatic carbocycles. The number of aromatic nitrogens is 1. The lowest BCUT2D eigenvalue weighted by Crippen LogP contribution is -2.27. The lowest BCUT2D eigenvalue weighted by Gasteiger charge is -2.10. The largest absolute Gasteiger partial charge is 0.358 e. The van der Waals surface area contributed by atoms with Crippen LogP contribution in [0.4, 0.5) is 5.69 Å². The number of benzene rings is 1. The van der Waals surface area contributed by atoms with Crippen LogP contribution in [-0.2, 0) is 6.54 Å². The van der Waals surface area contributed by atoms with Crippen LogP contribution in [0.1, 0.15) is 11.1 Å². The molecule has 0 bridgehead atoms. The maximum atomic E-state index is 8.71. The second-order valence-corrected chi connectivity index (χ2v) is 4.26. The molecule has 1 heterocycles. The average Bonchev–Trinajstić information content (AvgIpc) is 2.47. The van der Waals surface area contributed by atoms with Crippen LogP contribution in [-0.4, -0.2) is 10.1 Å². The van der Waals surface area contributed by atoms with Crippen molar-refractivity contribution in [2.75, 3.05) is 5.32 Å². The van der Waals surface area contributed by atoms with Crippen molar-refractivity contribution in [2.45, 2.75) is 6.54 Å². The van der Waals surface area contributed by atoms with Crippen molar-refractivity contribution >= 4 is 23.0 Å². The Morgan fingerprint density at radius 2 is 1.84 bits per heavy atom. The lowest BCUT2D eigenvalue weighted by atomic mass is 10.2. The number of hydrogen-bond acceptors (Lipinski definition) is 3. The van der Waals surface area contributed by atoms with Crippen molar-refractivity contribution in [3.05, 3.63) is 59.9 Å². The minimum atomic E-state index is 0.543. The predicted molar refractivity (Wildman–Crippen MR) is 78.5 cm³/mol. The Morgan fingerprint density at radius 3 is 2.47 bits per heavy atom. The van der Waals surface area contributed by atoms with E-state index in [1.807, 2.05) is 24.3 Å². The Bertz CT molecular complexity index is 587. The maximum absolute atomic E-state index is 8.71. The molecule has 94 valence electrons. The third-order valence-corrected chi connectivity index (χ3v) is 2.72. The zero-order valence-electron chi connectivity index (χ0n) is 10.1. The third-order valence-electron chi connectivity index (χ3n) is 2.47. The van der Waals surface area contributed by atoms with Gasteiger partial charge in [-0.3, -0.25) is 4.98 Å². The molecule has 0 atom stereocenters. The van der Waals surface area contributed by atoms with Crippen LogP contribution >= 0.6 is 12.2 Å². The third kappa shape index (κ3) is 4.05. The van der Waals surface area contributed by atoms with E-state index in [4.69, 9.17) is 17.5 Å². The Hall–Kier alpha value is -2.45. The predicted octanol–water partition coefficient (Wildman–Crippen LogP) is 2.44. The Morgan fingerprint density at radius 1 is 1.16 bits per heavy atom. The van der Waals surface area contributed by atoms with E-state index in [9.17, 15) is 0 Å². The van der Waals surface area contributed by atoms with Crippen LogP contribution in [0, 0.1) is 11.3 Å². The highest BCUT2D eigenvalue weighted by Crippen LogP contribution is 2.08. The molecule has 0 radical (unpaired) electrons.